The van der Waals surface area contributed by atoms with Crippen molar-refractivity contribution in [1.82, 2.24) is 0 Å². The van der Waals surface area contributed by atoms with E-state index in [1.54, 1.807) is 0 Å². The van der Waals surface area contributed by atoms with Crippen molar-refractivity contribution in [3.63, 3.8) is 0 Å². The van der Waals surface area contributed by atoms with Crippen molar-refractivity contribution in [2.75, 3.05) is 4.90 Å². The van der Waals surface area contributed by atoms with Gasteiger partial charge in [-0.15, -0.1) is 0 Å². The van der Waals surface area contributed by atoms with Crippen LogP contribution in [0.1, 0.15) is 25.0 Å². The van der Waals surface area contributed by atoms with Crippen molar-refractivity contribution in [2.24, 2.45) is 0 Å². The predicted octanol–water partition coefficient (Wildman–Crippen LogP) is 15.0. The van der Waals surface area contributed by atoms with Crippen LogP contribution < -0.4 is 4.90 Å². The first-order valence-electron chi connectivity index (χ1n) is 19.1. The number of hydrogen-bond donors (Lipinski definition) is 0. The largest absolute Gasteiger partial charge is 0.454 e. The molecular formula is C53H37NO. The lowest BCUT2D eigenvalue weighted by atomic mass is 9.82. The Kier molecular flexibility index (Phi) is 6.93. The maximum atomic E-state index is 6.70. The molecule has 0 amide bonds. The van der Waals surface area contributed by atoms with Gasteiger partial charge in [0.05, 0.1) is 11.4 Å². The zero-order valence-corrected chi connectivity index (χ0v) is 30.8. The summed E-state index contributed by atoms with van der Waals surface area (Å²) in [5.74, 6) is 0. The average molecular weight is 704 g/mol. The molecule has 11 rings (SSSR count). The molecule has 2 heteroatoms. The molecule has 0 atom stereocenters. The number of anilines is 3. The van der Waals surface area contributed by atoms with Crippen molar-refractivity contribution >= 4 is 60.5 Å². The molecule has 2 nitrogen and oxygen atoms in total. The monoisotopic (exact) mass is 703 g/mol. The van der Waals surface area contributed by atoms with E-state index in [9.17, 15) is 0 Å². The van der Waals surface area contributed by atoms with Crippen LogP contribution in [0.15, 0.2) is 192 Å². The number of benzene rings is 9. The SMILES string of the molecule is CC1(C)c2ccccc2-c2c(N(c3ccc(-c4ccc5cccc(-c6ccc7ccccc7c6)c5c4)cc3)c3cccc4c3oc3ccccc34)cccc21. The Bertz CT molecular complexity index is 3130. The van der Waals surface area contributed by atoms with Gasteiger partial charge in [0.25, 0.3) is 0 Å². The van der Waals surface area contributed by atoms with Gasteiger partial charge in [-0.25, -0.2) is 0 Å². The summed E-state index contributed by atoms with van der Waals surface area (Å²) in [5, 5.41) is 7.23. The lowest BCUT2D eigenvalue weighted by Crippen LogP contribution is -2.16. The first-order valence-corrected chi connectivity index (χ1v) is 19.1. The molecule has 0 spiro atoms. The Hall–Kier alpha value is -6.90. The van der Waals surface area contributed by atoms with E-state index in [0.717, 1.165) is 39.0 Å². The van der Waals surface area contributed by atoms with Crippen LogP contribution in [0.4, 0.5) is 17.1 Å². The Balaban J connectivity index is 1.08. The molecule has 1 aliphatic rings. The summed E-state index contributed by atoms with van der Waals surface area (Å²) < 4.78 is 6.70. The van der Waals surface area contributed by atoms with Gasteiger partial charge in [-0.3, -0.25) is 0 Å². The topological polar surface area (TPSA) is 16.4 Å². The van der Waals surface area contributed by atoms with Crippen LogP contribution in [-0.4, -0.2) is 0 Å². The highest BCUT2D eigenvalue weighted by molar-refractivity contribution is 6.11. The molecule has 0 radical (unpaired) electrons. The van der Waals surface area contributed by atoms with E-state index in [0.29, 0.717) is 0 Å². The van der Waals surface area contributed by atoms with E-state index in [1.165, 1.54) is 66.1 Å². The van der Waals surface area contributed by atoms with E-state index >= 15 is 0 Å². The molecule has 0 saturated carbocycles. The first kappa shape index (κ1) is 31.6. The minimum atomic E-state index is -0.120. The smallest absolute Gasteiger partial charge is 0.159 e. The third-order valence-corrected chi connectivity index (χ3v) is 11.9. The fraction of sp³-hybridized carbons (Fsp3) is 0.0566. The molecule has 260 valence electrons. The zero-order valence-electron chi connectivity index (χ0n) is 30.8. The van der Waals surface area contributed by atoms with Gasteiger partial charge in [-0.05, 0) is 103 Å². The summed E-state index contributed by atoms with van der Waals surface area (Å²) in [6, 6.07) is 68.4. The molecule has 9 aromatic carbocycles. The molecule has 0 unspecified atom stereocenters. The molecule has 1 heterocycles. The van der Waals surface area contributed by atoms with Crippen LogP contribution in [0.3, 0.4) is 0 Å². The number of rotatable bonds is 5. The van der Waals surface area contributed by atoms with Gasteiger partial charge in [-0.2, -0.15) is 0 Å². The average Bonchev–Trinajstić information content (AvgIpc) is 3.73. The Labute approximate surface area is 320 Å². The minimum absolute atomic E-state index is 0.120. The fourth-order valence-electron chi connectivity index (χ4n) is 9.10. The standard InChI is InChI=1S/C53H37NO/c1-53(2)46-19-7-5-16-44(46)51-47(53)20-11-21-48(51)54(49-22-10-18-43-42-15-6-8-23-50(42)55-52(43)49)40-30-28-35(29-31-40)38-26-25-36-14-9-17-41(45(36)33-38)39-27-24-34-12-3-4-13-37(34)32-39/h3-33H,1-2H3. The lowest BCUT2D eigenvalue weighted by molar-refractivity contribution is 0.660. The van der Waals surface area contributed by atoms with Crippen molar-refractivity contribution in [3.8, 4) is 33.4 Å². The minimum Gasteiger partial charge on any atom is -0.454 e. The van der Waals surface area contributed by atoms with E-state index in [2.05, 4.69) is 201 Å². The van der Waals surface area contributed by atoms with Crippen LogP contribution in [-0.2, 0) is 5.41 Å². The van der Waals surface area contributed by atoms with Gasteiger partial charge >= 0.3 is 0 Å². The molecule has 0 fully saturated rings. The van der Waals surface area contributed by atoms with Gasteiger partial charge in [0, 0.05) is 27.4 Å². The van der Waals surface area contributed by atoms with Crippen molar-refractivity contribution in [1.29, 1.82) is 0 Å². The quantitative estimate of drug-likeness (QED) is 0.177. The number of fused-ring (bicyclic) bond motifs is 8. The van der Waals surface area contributed by atoms with Crippen LogP contribution in [0.2, 0.25) is 0 Å². The Morgan fingerprint density at radius 3 is 1.96 bits per heavy atom. The highest BCUT2D eigenvalue weighted by Crippen LogP contribution is 2.55. The van der Waals surface area contributed by atoms with Gasteiger partial charge in [0.1, 0.15) is 5.58 Å². The number of para-hydroxylation sites is 2. The Morgan fingerprint density at radius 1 is 0.418 bits per heavy atom. The van der Waals surface area contributed by atoms with Crippen molar-refractivity contribution in [3.05, 3.63) is 199 Å². The van der Waals surface area contributed by atoms with E-state index in [4.69, 9.17) is 4.42 Å². The van der Waals surface area contributed by atoms with Crippen LogP contribution >= 0.6 is 0 Å². The van der Waals surface area contributed by atoms with E-state index in [-0.39, 0.29) is 5.41 Å². The predicted molar refractivity (Wildman–Crippen MR) is 232 cm³/mol. The third-order valence-electron chi connectivity index (χ3n) is 11.9. The summed E-state index contributed by atoms with van der Waals surface area (Å²) in [6.45, 7) is 4.69. The fourth-order valence-corrected chi connectivity index (χ4v) is 9.10. The van der Waals surface area contributed by atoms with Gasteiger partial charge in [0.15, 0.2) is 5.58 Å². The molecule has 1 aromatic heterocycles. The highest BCUT2D eigenvalue weighted by atomic mass is 16.3. The summed E-state index contributed by atoms with van der Waals surface area (Å²) in [6.07, 6.45) is 0. The molecule has 0 saturated heterocycles. The van der Waals surface area contributed by atoms with Crippen LogP contribution in [0.5, 0.6) is 0 Å². The third kappa shape index (κ3) is 4.88. The van der Waals surface area contributed by atoms with Crippen molar-refractivity contribution < 1.29 is 4.42 Å². The Morgan fingerprint density at radius 2 is 1.05 bits per heavy atom. The van der Waals surface area contributed by atoms with Crippen molar-refractivity contribution in [2.45, 2.75) is 19.3 Å². The number of hydrogen-bond acceptors (Lipinski definition) is 2. The molecule has 0 aliphatic heterocycles. The van der Waals surface area contributed by atoms with Gasteiger partial charge in [0.2, 0.25) is 0 Å². The molecule has 0 N–H and O–H groups in total. The maximum Gasteiger partial charge on any atom is 0.159 e. The highest BCUT2D eigenvalue weighted by Gasteiger charge is 2.38. The first-order chi connectivity index (χ1) is 27.0. The summed E-state index contributed by atoms with van der Waals surface area (Å²) in [5.41, 5.74) is 15.0. The number of furan rings is 1. The van der Waals surface area contributed by atoms with Crippen LogP contribution in [0.25, 0.3) is 76.9 Å². The van der Waals surface area contributed by atoms with E-state index in [1.807, 2.05) is 6.07 Å². The second-order valence-electron chi connectivity index (χ2n) is 15.3. The summed E-state index contributed by atoms with van der Waals surface area (Å²) in [7, 11) is 0. The van der Waals surface area contributed by atoms with Crippen LogP contribution in [0, 0.1) is 0 Å². The zero-order chi connectivity index (χ0) is 36.7. The van der Waals surface area contributed by atoms with Gasteiger partial charge in [-0.1, -0.05) is 159 Å². The second-order valence-corrected chi connectivity index (χ2v) is 15.3. The normalized spacial score (nSPS) is 13.1. The van der Waals surface area contributed by atoms with E-state index < -0.39 is 0 Å². The maximum absolute atomic E-state index is 6.70. The molecule has 0 bridgehead atoms. The second kappa shape index (κ2) is 12.1. The molecule has 1 aliphatic carbocycles. The lowest BCUT2D eigenvalue weighted by Gasteiger charge is -2.29. The summed E-state index contributed by atoms with van der Waals surface area (Å²) in [4.78, 5) is 2.41. The molecular weight excluding hydrogens is 667 g/mol. The molecule has 10 aromatic rings. The van der Waals surface area contributed by atoms with Gasteiger partial charge < -0.3 is 9.32 Å². The molecule has 55 heavy (non-hydrogen) atoms. The number of nitrogens with zero attached hydrogens (tertiary/aromatic N) is 1. The summed E-state index contributed by atoms with van der Waals surface area (Å²) >= 11 is 0.